The Bertz CT molecular complexity index is 982. The fourth-order valence-corrected chi connectivity index (χ4v) is 3.44. The van der Waals surface area contributed by atoms with Crippen molar-refractivity contribution in [2.45, 2.75) is 6.92 Å². The summed E-state index contributed by atoms with van der Waals surface area (Å²) in [6.07, 6.45) is 2.42. The van der Waals surface area contributed by atoms with E-state index >= 15 is 0 Å². The van der Waals surface area contributed by atoms with Gasteiger partial charge in [-0.3, -0.25) is 0 Å². The molecule has 0 saturated carbocycles. The normalized spacial score (nSPS) is 11.4. The van der Waals surface area contributed by atoms with E-state index in [0.29, 0.717) is 10.8 Å². The first-order valence-electron chi connectivity index (χ1n) is 7.36. The highest BCUT2D eigenvalue weighted by atomic mass is 32.1. The molecule has 25 heavy (non-hydrogen) atoms. The minimum absolute atomic E-state index is 0.298. The van der Waals surface area contributed by atoms with Gasteiger partial charge in [0.05, 0.1) is 16.3 Å². The number of hydrogen-bond donors (Lipinski definition) is 0. The maximum absolute atomic E-state index is 13.1. The van der Waals surface area contributed by atoms with E-state index in [-0.39, 0.29) is 5.82 Å². The van der Waals surface area contributed by atoms with E-state index in [2.05, 4.69) is 10.1 Å². The predicted octanol–water partition coefficient (Wildman–Crippen LogP) is 3.13. The molecule has 0 N–H and O–H groups in total. The molecule has 0 atom stereocenters. The van der Waals surface area contributed by atoms with Crippen LogP contribution >= 0.6 is 11.3 Å². The van der Waals surface area contributed by atoms with E-state index in [1.165, 1.54) is 29.7 Å². The Kier molecular flexibility index (Phi) is 4.65. The molecule has 2 aromatic heterocycles. The number of halogens is 1. The lowest BCUT2D eigenvalue weighted by Gasteiger charge is -2.15. The zero-order valence-electron chi connectivity index (χ0n) is 13.9. The van der Waals surface area contributed by atoms with Crippen molar-refractivity contribution < 1.29 is 13.9 Å². The summed E-state index contributed by atoms with van der Waals surface area (Å²) in [7, 11) is 3.75. The molecular weight excluding hydrogens is 343 g/mol. The smallest absolute Gasteiger partial charge is 0.213 e. The van der Waals surface area contributed by atoms with Gasteiger partial charge in [0, 0.05) is 19.7 Å². The summed E-state index contributed by atoms with van der Waals surface area (Å²) in [6, 6.07) is 6.06. The molecule has 0 fully saturated rings. The van der Waals surface area contributed by atoms with Crippen molar-refractivity contribution in [3.63, 3.8) is 0 Å². The maximum atomic E-state index is 13.1. The molecule has 1 aromatic carbocycles. The number of carbonyl (C=O) groups excluding carboxylic acids is 1. The van der Waals surface area contributed by atoms with Gasteiger partial charge in [0.15, 0.2) is 18.0 Å². The predicted molar refractivity (Wildman–Crippen MR) is 94.0 cm³/mol. The third kappa shape index (κ3) is 3.31. The van der Waals surface area contributed by atoms with Crippen molar-refractivity contribution in [2.75, 3.05) is 14.1 Å². The van der Waals surface area contributed by atoms with Crippen LogP contribution in [0.1, 0.15) is 10.6 Å². The number of fused-ring (bicyclic) bond motifs is 1. The summed E-state index contributed by atoms with van der Waals surface area (Å²) in [5.74, 6) is 1.81. The second-order valence-electron chi connectivity index (χ2n) is 5.42. The van der Waals surface area contributed by atoms with Gasteiger partial charge in [-0.1, -0.05) is 11.3 Å². The standard InChI is InChI=1S/C17H15FN4O2S/c1-11-15(14(21(2)3)10-24-9-8-23)25-17-19-16(20-22(11)17)12-4-6-13(18)7-5-12/h4-7,9-10H,1-3H3/b14-10+. The van der Waals surface area contributed by atoms with E-state index in [4.69, 9.17) is 4.74 Å². The lowest BCUT2D eigenvalue weighted by atomic mass is 10.2. The molecule has 8 heteroatoms. The fourth-order valence-electron chi connectivity index (χ4n) is 2.29. The minimum atomic E-state index is -0.298. The zero-order valence-corrected chi connectivity index (χ0v) is 14.7. The molecule has 2 heterocycles. The summed E-state index contributed by atoms with van der Waals surface area (Å²) in [5, 5.41) is 4.51. The van der Waals surface area contributed by atoms with Crippen LogP contribution in [0.4, 0.5) is 4.39 Å². The molecule has 0 radical (unpaired) electrons. The molecule has 0 bridgehead atoms. The number of ether oxygens (including phenoxy) is 1. The number of hydrogen-bond acceptors (Lipinski definition) is 6. The van der Waals surface area contributed by atoms with Crippen LogP contribution in [0.15, 0.2) is 36.8 Å². The van der Waals surface area contributed by atoms with Gasteiger partial charge in [0.1, 0.15) is 12.1 Å². The Morgan fingerprint density at radius 2 is 2.08 bits per heavy atom. The van der Waals surface area contributed by atoms with Crippen LogP contribution in [-0.4, -0.2) is 39.5 Å². The molecule has 6 nitrogen and oxygen atoms in total. The summed E-state index contributed by atoms with van der Waals surface area (Å²) in [5.41, 5.74) is 2.42. The van der Waals surface area contributed by atoms with Gasteiger partial charge < -0.3 is 9.64 Å². The largest absolute Gasteiger partial charge is 0.459 e. The highest BCUT2D eigenvalue weighted by molar-refractivity contribution is 7.18. The third-order valence-electron chi connectivity index (χ3n) is 3.53. The summed E-state index contributed by atoms with van der Waals surface area (Å²) < 4.78 is 19.9. The average Bonchev–Trinajstić information content (AvgIpc) is 3.12. The molecule has 0 aliphatic heterocycles. The van der Waals surface area contributed by atoms with Crippen LogP contribution in [-0.2, 0) is 9.53 Å². The Hall–Kier alpha value is -2.96. The highest BCUT2D eigenvalue weighted by Crippen LogP contribution is 2.31. The van der Waals surface area contributed by atoms with Crippen molar-refractivity contribution in [1.29, 1.82) is 0 Å². The van der Waals surface area contributed by atoms with Gasteiger partial charge in [0.2, 0.25) is 4.96 Å². The Morgan fingerprint density at radius 1 is 1.36 bits per heavy atom. The molecule has 0 saturated heterocycles. The van der Waals surface area contributed by atoms with E-state index in [1.807, 2.05) is 25.9 Å². The van der Waals surface area contributed by atoms with Crippen molar-refractivity contribution in [2.24, 2.45) is 0 Å². The monoisotopic (exact) mass is 358 g/mol. The molecule has 3 rings (SSSR count). The summed E-state index contributed by atoms with van der Waals surface area (Å²) >= 11 is 1.45. The molecule has 0 spiro atoms. The van der Waals surface area contributed by atoms with Crippen molar-refractivity contribution in [3.05, 3.63) is 53.2 Å². The quantitative estimate of drug-likeness (QED) is 0.518. The molecule has 0 amide bonds. The number of thiazole rings is 1. The lowest BCUT2D eigenvalue weighted by molar-refractivity contribution is 0.395. The van der Waals surface area contributed by atoms with Crippen LogP contribution in [0.25, 0.3) is 22.0 Å². The highest BCUT2D eigenvalue weighted by Gasteiger charge is 2.18. The molecule has 128 valence electrons. The maximum Gasteiger partial charge on any atom is 0.213 e. The van der Waals surface area contributed by atoms with Gasteiger partial charge in [-0.05, 0) is 31.2 Å². The van der Waals surface area contributed by atoms with Crippen molar-refractivity contribution >= 4 is 27.9 Å². The Balaban J connectivity index is 2.03. The van der Waals surface area contributed by atoms with E-state index in [9.17, 15) is 9.18 Å². The van der Waals surface area contributed by atoms with Crippen LogP contribution in [0.3, 0.4) is 0 Å². The van der Waals surface area contributed by atoms with E-state index in [1.54, 1.807) is 22.6 Å². The molecule has 3 aromatic rings. The number of aryl methyl sites for hydroxylation is 1. The summed E-state index contributed by atoms with van der Waals surface area (Å²) in [4.78, 5) is 18.3. The average molecular weight is 358 g/mol. The molecule has 0 unspecified atom stereocenters. The molecule has 0 aliphatic rings. The first-order chi connectivity index (χ1) is 12.0. The van der Waals surface area contributed by atoms with Gasteiger partial charge in [0.25, 0.3) is 0 Å². The molecule has 0 aliphatic carbocycles. The minimum Gasteiger partial charge on any atom is -0.459 e. The van der Waals surface area contributed by atoms with E-state index in [0.717, 1.165) is 28.1 Å². The molecular formula is C17H15FN4O2S. The van der Waals surface area contributed by atoms with Crippen LogP contribution < -0.4 is 0 Å². The van der Waals surface area contributed by atoms with Crippen LogP contribution in [0, 0.1) is 12.7 Å². The van der Waals surface area contributed by atoms with Crippen molar-refractivity contribution in [1.82, 2.24) is 19.5 Å². The first-order valence-corrected chi connectivity index (χ1v) is 8.17. The van der Waals surface area contributed by atoms with Gasteiger partial charge in [-0.25, -0.2) is 13.7 Å². The van der Waals surface area contributed by atoms with Crippen LogP contribution in [0.5, 0.6) is 0 Å². The SMILES string of the molecule is Cc1c(/C(=C\OC=C=O)N(C)C)sc2nc(-c3ccc(F)cc3)nn12. The van der Waals surface area contributed by atoms with Gasteiger partial charge in [-0.2, -0.15) is 4.98 Å². The zero-order chi connectivity index (χ0) is 18.0. The van der Waals surface area contributed by atoms with Gasteiger partial charge >= 0.3 is 0 Å². The number of aromatic nitrogens is 3. The van der Waals surface area contributed by atoms with Crippen LogP contribution in [0.2, 0.25) is 0 Å². The van der Waals surface area contributed by atoms with E-state index < -0.39 is 0 Å². The number of nitrogens with zero attached hydrogens (tertiary/aromatic N) is 4. The number of rotatable bonds is 5. The second kappa shape index (κ2) is 6.88. The number of benzene rings is 1. The fraction of sp³-hybridized carbons (Fsp3) is 0.176. The Labute approximate surface area is 147 Å². The Morgan fingerprint density at radius 3 is 2.68 bits per heavy atom. The van der Waals surface area contributed by atoms with Crippen molar-refractivity contribution in [3.8, 4) is 11.4 Å². The topological polar surface area (TPSA) is 59.7 Å². The van der Waals surface area contributed by atoms with Gasteiger partial charge in [-0.15, -0.1) is 5.10 Å². The summed E-state index contributed by atoms with van der Waals surface area (Å²) in [6.45, 7) is 1.93. The second-order valence-corrected chi connectivity index (χ2v) is 6.40. The lowest BCUT2D eigenvalue weighted by Crippen LogP contribution is -2.10. The third-order valence-corrected chi connectivity index (χ3v) is 4.69. The first kappa shape index (κ1) is 16.9.